The summed E-state index contributed by atoms with van der Waals surface area (Å²) >= 11 is 1.73. The molecule has 1 aromatic carbocycles. The van der Waals surface area contributed by atoms with E-state index >= 15 is 0 Å². The minimum Gasteiger partial charge on any atom is -0.345 e. The van der Waals surface area contributed by atoms with E-state index in [1.807, 2.05) is 18.0 Å². The number of rotatable bonds is 3. The van der Waals surface area contributed by atoms with Crippen molar-refractivity contribution in [1.29, 1.82) is 0 Å². The van der Waals surface area contributed by atoms with E-state index in [2.05, 4.69) is 35.1 Å². The monoisotopic (exact) mass is 355 g/mol. The number of aryl methyl sites for hydroxylation is 2. The first kappa shape index (κ1) is 16.1. The molecule has 3 heterocycles. The van der Waals surface area contributed by atoms with E-state index in [0.29, 0.717) is 18.8 Å². The Kier molecular flexibility index (Phi) is 4.17. The molecular formula is C18H21N5OS. The van der Waals surface area contributed by atoms with E-state index in [-0.39, 0.29) is 5.91 Å². The van der Waals surface area contributed by atoms with Gasteiger partial charge in [0.15, 0.2) is 5.13 Å². The quantitative estimate of drug-likeness (QED) is 0.725. The zero-order valence-electron chi connectivity index (χ0n) is 14.5. The zero-order valence-corrected chi connectivity index (χ0v) is 15.3. The lowest BCUT2D eigenvalue weighted by atomic mass is 10.2. The van der Waals surface area contributed by atoms with Crippen LogP contribution in [0, 0.1) is 6.92 Å². The summed E-state index contributed by atoms with van der Waals surface area (Å²) in [6.45, 7) is 7.90. The van der Waals surface area contributed by atoms with Crippen LogP contribution in [0.15, 0.2) is 30.5 Å². The van der Waals surface area contributed by atoms with Gasteiger partial charge >= 0.3 is 0 Å². The molecule has 25 heavy (non-hydrogen) atoms. The van der Waals surface area contributed by atoms with Crippen molar-refractivity contribution in [3.05, 3.63) is 41.7 Å². The highest BCUT2D eigenvalue weighted by molar-refractivity contribution is 7.22. The van der Waals surface area contributed by atoms with E-state index in [1.165, 1.54) is 10.3 Å². The van der Waals surface area contributed by atoms with Gasteiger partial charge in [-0.15, -0.1) is 0 Å². The molecule has 1 aliphatic heterocycles. The van der Waals surface area contributed by atoms with E-state index in [9.17, 15) is 4.79 Å². The number of amides is 1. The van der Waals surface area contributed by atoms with Crippen LogP contribution in [-0.4, -0.2) is 51.8 Å². The number of hydrogen-bond acceptors (Lipinski definition) is 5. The molecule has 1 amide bonds. The number of carbonyl (C=O) groups excluding carboxylic acids is 1. The normalized spacial score (nSPS) is 15.1. The maximum absolute atomic E-state index is 12.6. The van der Waals surface area contributed by atoms with Gasteiger partial charge in [0.25, 0.3) is 5.91 Å². The number of nitrogens with zero attached hydrogens (tertiary/aromatic N) is 5. The number of thiazole rings is 1. The van der Waals surface area contributed by atoms with E-state index in [4.69, 9.17) is 4.98 Å². The second-order valence-corrected chi connectivity index (χ2v) is 7.26. The highest BCUT2D eigenvalue weighted by atomic mass is 32.1. The fourth-order valence-corrected chi connectivity index (χ4v) is 4.22. The summed E-state index contributed by atoms with van der Waals surface area (Å²) in [6.07, 6.45) is 1.85. The Balaban J connectivity index is 1.45. The van der Waals surface area contributed by atoms with E-state index in [1.54, 1.807) is 22.1 Å². The molecule has 1 fully saturated rings. The molecule has 0 unspecified atom stereocenters. The fourth-order valence-electron chi connectivity index (χ4n) is 3.12. The maximum atomic E-state index is 12.6. The van der Waals surface area contributed by atoms with Crippen LogP contribution in [0.1, 0.15) is 23.0 Å². The van der Waals surface area contributed by atoms with Gasteiger partial charge in [-0.1, -0.05) is 23.5 Å². The van der Waals surface area contributed by atoms with Gasteiger partial charge in [0.05, 0.1) is 10.2 Å². The molecule has 0 N–H and O–H groups in total. The number of benzene rings is 1. The number of carbonyl (C=O) groups is 1. The Labute approximate surface area is 150 Å². The lowest BCUT2D eigenvalue weighted by Crippen LogP contribution is -2.48. The third-order valence-electron chi connectivity index (χ3n) is 4.63. The van der Waals surface area contributed by atoms with Gasteiger partial charge in [-0.05, 0) is 31.5 Å². The van der Waals surface area contributed by atoms with Crippen LogP contribution in [0.3, 0.4) is 0 Å². The number of fused-ring (bicyclic) bond motifs is 1. The minimum atomic E-state index is 0.0204. The molecule has 7 heteroatoms. The van der Waals surface area contributed by atoms with E-state index < -0.39 is 0 Å². The van der Waals surface area contributed by atoms with Crippen molar-refractivity contribution in [2.45, 2.75) is 20.4 Å². The van der Waals surface area contributed by atoms with Crippen LogP contribution >= 0.6 is 11.3 Å². The topological polar surface area (TPSA) is 54.3 Å². The Bertz CT molecular complexity index is 907. The second kappa shape index (κ2) is 6.48. The van der Waals surface area contributed by atoms with Gasteiger partial charge in [0, 0.05) is 38.9 Å². The molecule has 0 saturated carbocycles. The van der Waals surface area contributed by atoms with Crippen molar-refractivity contribution in [3.63, 3.8) is 0 Å². The van der Waals surface area contributed by atoms with Gasteiger partial charge in [-0.2, -0.15) is 5.10 Å². The molecule has 6 nitrogen and oxygen atoms in total. The third-order valence-corrected chi connectivity index (χ3v) is 5.71. The standard InChI is InChI=1S/C18H21N5OS/c1-3-23-8-7-14(20-23)17(24)21-9-11-22(12-10-21)18-19-16-13(2)5-4-6-15(16)25-18/h4-8H,3,9-12H2,1-2H3. The summed E-state index contributed by atoms with van der Waals surface area (Å²) in [5.41, 5.74) is 2.83. The predicted molar refractivity (Wildman–Crippen MR) is 100 cm³/mol. The molecule has 0 spiro atoms. The van der Waals surface area contributed by atoms with Crippen LogP contribution < -0.4 is 4.90 Å². The molecule has 2 aromatic heterocycles. The van der Waals surface area contributed by atoms with Gasteiger partial charge in [-0.3, -0.25) is 9.48 Å². The number of anilines is 1. The summed E-state index contributed by atoms with van der Waals surface area (Å²) in [7, 11) is 0. The maximum Gasteiger partial charge on any atom is 0.274 e. The number of piperazine rings is 1. The Morgan fingerprint density at radius 2 is 2.00 bits per heavy atom. The van der Waals surface area contributed by atoms with Crippen molar-refractivity contribution in [2.24, 2.45) is 0 Å². The van der Waals surface area contributed by atoms with Crippen molar-refractivity contribution in [1.82, 2.24) is 19.7 Å². The summed E-state index contributed by atoms with van der Waals surface area (Å²) in [5.74, 6) is 0.0204. The first-order chi connectivity index (χ1) is 12.2. The van der Waals surface area contributed by atoms with Gasteiger partial charge in [0.1, 0.15) is 5.69 Å². The van der Waals surface area contributed by atoms with Crippen LogP contribution in [-0.2, 0) is 6.54 Å². The molecule has 0 radical (unpaired) electrons. The summed E-state index contributed by atoms with van der Waals surface area (Å²) < 4.78 is 3.01. The summed E-state index contributed by atoms with van der Waals surface area (Å²) in [6, 6.07) is 8.09. The fraction of sp³-hybridized carbons (Fsp3) is 0.389. The summed E-state index contributed by atoms with van der Waals surface area (Å²) in [5, 5.41) is 5.37. The highest BCUT2D eigenvalue weighted by Crippen LogP contribution is 2.31. The molecule has 0 bridgehead atoms. The summed E-state index contributed by atoms with van der Waals surface area (Å²) in [4.78, 5) is 21.5. The number of aromatic nitrogens is 3. The van der Waals surface area contributed by atoms with Gasteiger partial charge < -0.3 is 9.80 Å². The van der Waals surface area contributed by atoms with Crippen molar-refractivity contribution in [2.75, 3.05) is 31.1 Å². The van der Waals surface area contributed by atoms with Crippen LogP contribution in [0.4, 0.5) is 5.13 Å². The van der Waals surface area contributed by atoms with Crippen LogP contribution in [0.5, 0.6) is 0 Å². The zero-order chi connectivity index (χ0) is 17.4. The first-order valence-corrected chi connectivity index (χ1v) is 9.41. The molecular weight excluding hydrogens is 334 g/mol. The van der Waals surface area contributed by atoms with Gasteiger partial charge in [0.2, 0.25) is 0 Å². The smallest absolute Gasteiger partial charge is 0.274 e. The lowest BCUT2D eigenvalue weighted by molar-refractivity contribution is 0.0740. The number of para-hydroxylation sites is 1. The third kappa shape index (κ3) is 3.00. The van der Waals surface area contributed by atoms with Gasteiger partial charge in [-0.25, -0.2) is 4.98 Å². The van der Waals surface area contributed by atoms with Crippen molar-refractivity contribution < 1.29 is 4.79 Å². The second-order valence-electron chi connectivity index (χ2n) is 6.25. The molecule has 0 atom stereocenters. The molecule has 1 aliphatic rings. The Morgan fingerprint density at radius 1 is 1.20 bits per heavy atom. The number of hydrogen-bond donors (Lipinski definition) is 0. The molecule has 0 aliphatic carbocycles. The lowest BCUT2D eigenvalue weighted by Gasteiger charge is -2.34. The van der Waals surface area contributed by atoms with Crippen LogP contribution in [0.2, 0.25) is 0 Å². The average Bonchev–Trinajstić information content (AvgIpc) is 3.29. The molecule has 130 valence electrons. The minimum absolute atomic E-state index is 0.0204. The van der Waals surface area contributed by atoms with Crippen LogP contribution in [0.25, 0.3) is 10.2 Å². The largest absolute Gasteiger partial charge is 0.345 e. The SMILES string of the molecule is CCn1ccc(C(=O)N2CCN(c3nc4c(C)cccc4s3)CC2)n1. The van der Waals surface area contributed by atoms with Crippen molar-refractivity contribution >= 4 is 32.6 Å². The Hall–Kier alpha value is -2.41. The molecule has 1 saturated heterocycles. The Morgan fingerprint density at radius 3 is 2.68 bits per heavy atom. The first-order valence-electron chi connectivity index (χ1n) is 8.59. The van der Waals surface area contributed by atoms with Crippen molar-refractivity contribution in [3.8, 4) is 0 Å². The molecule has 4 rings (SSSR count). The molecule has 3 aromatic rings. The predicted octanol–water partition coefficient (Wildman–Crippen LogP) is 2.78. The highest BCUT2D eigenvalue weighted by Gasteiger charge is 2.25. The van der Waals surface area contributed by atoms with E-state index in [0.717, 1.165) is 30.3 Å². The average molecular weight is 355 g/mol.